The molecule has 2 aromatic heterocycles. The Morgan fingerprint density at radius 3 is 1.22 bits per heavy atom. The fourth-order valence-corrected chi connectivity index (χ4v) is 10.1. The number of pyridine rings is 2. The zero-order valence-corrected chi connectivity index (χ0v) is 46.9. The third kappa shape index (κ3) is 13.9. The topological polar surface area (TPSA) is 246 Å². The van der Waals surface area contributed by atoms with Crippen LogP contribution in [0, 0.1) is 23.3 Å². The summed E-state index contributed by atoms with van der Waals surface area (Å²) >= 11 is 0. The van der Waals surface area contributed by atoms with Gasteiger partial charge in [-0.3, -0.25) is 19.6 Å². The number of nitrogens with zero attached hydrogens (tertiary/aromatic N) is 2. The van der Waals surface area contributed by atoms with Crippen LogP contribution >= 0.6 is 0 Å². The molecule has 27 heteroatoms. The summed E-state index contributed by atoms with van der Waals surface area (Å²) in [5, 5.41) is 14.9. The first-order valence-corrected chi connectivity index (χ1v) is 26.2. The first kappa shape index (κ1) is 68.2. The van der Waals surface area contributed by atoms with Crippen molar-refractivity contribution < 1.29 is 122 Å². The van der Waals surface area contributed by atoms with Crippen molar-refractivity contribution in [1.29, 1.82) is 0 Å². The smallest absolute Gasteiger partial charge is 0.870 e. The van der Waals surface area contributed by atoms with Crippen LogP contribution < -0.4 is 48.4 Å². The van der Waals surface area contributed by atoms with Crippen molar-refractivity contribution in [1.82, 2.24) is 20.6 Å². The molecule has 4 heterocycles. The predicted molar refractivity (Wildman–Crippen MR) is 293 cm³/mol. The van der Waals surface area contributed by atoms with E-state index in [4.69, 9.17) is 23.7 Å². The molecule has 2 atom stereocenters. The number of benzene rings is 6. The fourth-order valence-electron chi connectivity index (χ4n) is 10.1. The minimum atomic E-state index is -4.78. The number of carbonyl (C=O) groups excluding carboxylic acids is 3. The zero-order valence-electron chi connectivity index (χ0n) is 46.9. The predicted octanol–water partition coefficient (Wildman–Crippen LogP) is 8.01. The number of hydrogen-bond donors (Lipinski definition) is 3. The van der Waals surface area contributed by atoms with Crippen LogP contribution in [-0.4, -0.2) is 95.4 Å². The van der Waals surface area contributed by atoms with Gasteiger partial charge in [0.05, 0.1) is 29.6 Å². The molecule has 8 aromatic rings. The molecule has 0 saturated carbocycles. The van der Waals surface area contributed by atoms with Crippen molar-refractivity contribution in [3.05, 3.63) is 177 Å². The minimum Gasteiger partial charge on any atom is -0.870 e. The van der Waals surface area contributed by atoms with Crippen LogP contribution in [0.3, 0.4) is 0 Å². The Balaban J connectivity index is 0.000000272. The first-order chi connectivity index (χ1) is 40.6. The molecule has 0 fully saturated rings. The number of nitrogens with one attached hydrogen (secondary N) is 2. The summed E-state index contributed by atoms with van der Waals surface area (Å²) in [6, 6.07) is 20.3. The molecular weight excluding hydrogens is 1180 g/mol. The molecule has 0 aliphatic carbocycles. The van der Waals surface area contributed by atoms with Crippen molar-refractivity contribution in [2.75, 3.05) is 33.5 Å². The maximum Gasteiger partial charge on any atom is 1.00 e. The summed E-state index contributed by atoms with van der Waals surface area (Å²) in [7, 11) is 1.07. The molecule has 2 amide bonds. The summed E-state index contributed by atoms with van der Waals surface area (Å²) in [6.45, 7) is 3.67. The molecule has 16 nitrogen and oxygen atoms in total. The maximum absolute atomic E-state index is 14.6. The van der Waals surface area contributed by atoms with Gasteiger partial charge in [0.15, 0.2) is 23.0 Å². The second kappa shape index (κ2) is 28.3. The van der Waals surface area contributed by atoms with Crippen molar-refractivity contribution >= 4 is 45.3 Å². The number of ether oxygens (including phenoxy) is 5. The number of esters is 1. The van der Waals surface area contributed by atoms with Crippen LogP contribution in [-0.2, 0) is 52.4 Å². The number of methoxy groups -OCH3 is 1. The van der Waals surface area contributed by atoms with Gasteiger partial charge >= 0.3 is 43.2 Å². The summed E-state index contributed by atoms with van der Waals surface area (Å²) in [4.78, 5) is 58.8. The number of fused-ring (bicyclic) bond motifs is 4. The average Bonchev–Trinajstić information content (AvgIpc) is 0.773. The van der Waals surface area contributed by atoms with Crippen molar-refractivity contribution in [2.24, 2.45) is 0 Å². The second-order valence-electron chi connectivity index (χ2n) is 19.1. The molecule has 0 spiro atoms. The molecule has 10 rings (SSSR count). The number of carboxylic acids is 1. The average molecular weight is 1230 g/mol. The van der Waals surface area contributed by atoms with Gasteiger partial charge in [0.1, 0.15) is 72.9 Å². The third-order valence-corrected chi connectivity index (χ3v) is 13.9. The molecule has 6 N–H and O–H groups in total. The van der Waals surface area contributed by atoms with Gasteiger partial charge in [0.25, 0.3) is 11.8 Å². The molecule has 2 aliphatic heterocycles. The van der Waals surface area contributed by atoms with E-state index < -0.39 is 100 Å². The Kier molecular flexibility index (Phi) is 21.9. The van der Waals surface area contributed by atoms with E-state index in [1.165, 1.54) is 48.5 Å². The first-order valence-electron chi connectivity index (χ1n) is 26.2. The van der Waals surface area contributed by atoms with Crippen molar-refractivity contribution in [2.45, 2.75) is 64.0 Å². The number of rotatable bonds is 14. The molecule has 0 saturated heterocycles. The van der Waals surface area contributed by atoms with E-state index in [0.717, 1.165) is 43.5 Å². The van der Waals surface area contributed by atoms with Gasteiger partial charge in [0.2, 0.25) is 0 Å². The van der Waals surface area contributed by atoms with Gasteiger partial charge in [-0.25, -0.2) is 27.2 Å². The number of aliphatic carboxylic acids is 1. The second-order valence-corrected chi connectivity index (χ2v) is 19.1. The molecule has 6 aromatic carbocycles. The molecule has 0 bridgehead atoms. The van der Waals surface area contributed by atoms with E-state index >= 15 is 0 Å². The Bertz CT molecular complexity index is 3910. The van der Waals surface area contributed by atoms with Gasteiger partial charge < -0.3 is 50.4 Å². The van der Waals surface area contributed by atoms with Gasteiger partial charge in [-0.15, -0.1) is 0 Å². The number of alkyl halides is 6. The molecule has 0 radical (unpaired) electrons. The number of hydrogen-bond acceptors (Lipinski definition) is 12. The van der Waals surface area contributed by atoms with Crippen LogP contribution in [0.2, 0.25) is 0 Å². The largest absolute Gasteiger partial charge is 1.00 e. The quantitative estimate of drug-likeness (QED) is 0.0531. The Labute approximate surface area is 505 Å². The van der Waals surface area contributed by atoms with Crippen LogP contribution in [0.5, 0.6) is 23.0 Å². The van der Waals surface area contributed by atoms with Crippen LogP contribution in [0.25, 0.3) is 44.1 Å². The van der Waals surface area contributed by atoms with E-state index in [1.54, 1.807) is 38.1 Å². The molecule has 458 valence electrons. The fraction of sp³-hybridized carbons (Fsp3) is 0.246. The monoisotopic (exact) mass is 1230 g/mol. The van der Waals surface area contributed by atoms with Crippen molar-refractivity contribution in [3.8, 4) is 45.5 Å². The molecule has 0 unspecified atom stereocenters. The summed E-state index contributed by atoms with van der Waals surface area (Å²) in [6.07, 6.45) is -9.55. The number of amides is 2. The van der Waals surface area contributed by atoms with E-state index in [-0.39, 0.29) is 130 Å². The molecule has 88 heavy (non-hydrogen) atoms. The number of carbonyl (C=O) groups is 4. The number of carboxylic acid groups (broad SMARTS) is 1. The molecule has 2 aliphatic rings. The molecular formula is C61H51F10LiN4O12. The minimum absolute atomic E-state index is 0. The summed E-state index contributed by atoms with van der Waals surface area (Å²) in [5.41, 5.74) is -3.07. The number of halogens is 10. The van der Waals surface area contributed by atoms with Gasteiger partial charge in [-0.05, 0) is 60.0 Å². The Morgan fingerprint density at radius 2 is 0.875 bits per heavy atom. The van der Waals surface area contributed by atoms with E-state index in [9.17, 15) is 68.2 Å². The summed E-state index contributed by atoms with van der Waals surface area (Å²) in [5.74, 6) is -9.60. The number of aryl methyl sites for hydroxylation is 2. The Morgan fingerprint density at radius 1 is 0.534 bits per heavy atom. The zero-order chi connectivity index (χ0) is 61.1. The summed E-state index contributed by atoms with van der Waals surface area (Å²) < 4.78 is 172. The normalized spacial score (nSPS) is 13.1. The Hall–Kier alpha value is -8.96. The SMILES string of the molecule is CCc1nc(-c2ccc(C[C@H](NC(=O)c3c(F)cccc3F)C(=O)O)c3c2OCCO3)c(C(F)(F)F)c2ccccc12.CCc1nc(-c2ccc(C[C@H](NC(=O)c3c(F)cccc3F)C(=O)OC)c3c2OCCO3)c(C(F)(F)F)c2ccccc12.O.[Li+].[OH-]. The van der Waals surface area contributed by atoms with E-state index in [2.05, 4.69) is 20.6 Å². The van der Waals surface area contributed by atoms with Gasteiger partial charge in [-0.1, -0.05) is 86.6 Å². The maximum atomic E-state index is 14.6. The standard InChI is InChI=1S/C31H25F5N2O5.C30H23F5N2O5.Li.2H2O/c1-3-22-17-7-4-5-8-18(17)25(31(34,35)36)26(37-22)19-12-11-16(27-28(19)43-14-13-42-27)15-23(30(40)41-2)38-29(39)24-20(32)9-6-10-21(24)33;1-2-21-16-6-3-4-7-17(16)24(30(33,34)35)25(36-21)18-11-10-15(26-27(18)42-13-12-41-26)14-22(29(39)40)37-28(38)23-19(31)8-5-9-20(23)32;;;/h4-12,23H,3,13-15H2,1-2H3,(H,38,39);3-11,22H,2,12-14H2,1H3,(H,37,38)(H,39,40);;2*1H2/q;;+1;;/p-1/t23-;22-;;;/m00.../s1. The third-order valence-electron chi connectivity index (χ3n) is 13.9. The van der Waals surface area contributed by atoms with Crippen molar-refractivity contribution in [3.63, 3.8) is 0 Å². The van der Waals surface area contributed by atoms with Crippen LogP contribution in [0.15, 0.2) is 109 Å². The van der Waals surface area contributed by atoms with Gasteiger partial charge in [-0.2, -0.15) is 26.3 Å². The van der Waals surface area contributed by atoms with Crippen LogP contribution in [0.1, 0.15) is 68.2 Å². The van der Waals surface area contributed by atoms with Crippen LogP contribution in [0.4, 0.5) is 43.9 Å². The number of aromatic nitrogens is 2. The van der Waals surface area contributed by atoms with E-state index in [1.807, 2.05) is 0 Å². The van der Waals surface area contributed by atoms with E-state index in [0.29, 0.717) is 35.0 Å². The van der Waals surface area contributed by atoms with Gasteiger partial charge in [0, 0.05) is 57.3 Å².